The first-order chi connectivity index (χ1) is 11.1. The van der Waals surface area contributed by atoms with Gasteiger partial charge in [0.25, 0.3) is 0 Å². The minimum Gasteiger partial charge on any atom is -0.320 e. The molecule has 23 heavy (non-hydrogen) atoms. The lowest BCUT2D eigenvalue weighted by atomic mass is 10.2. The molecular weight excluding hydrogens is 297 g/mol. The average molecular weight is 315 g/mol. The smallest absolute Gasteiger partial charge is 0.146 e. The molecule has 0 saturated carbocycles. The van der Waals surface area contributed by atoms with Crippen LogP contribution in [0.4, 0.5) is 4.39 Å². The summed E-state index contributed by atoms with van der Waals surface area (Å²) in [5.74, 6) is 0.575. The van der Waals surface area contributed by atoms with Gasteiger partial charge in [0.1, 0.15) is 23.7 Å². The molecule has 3 rings (SSSR count). The van der Waals surface area contributed by atoms with Crippen molar-refractivity contribution in [2.24, 2.45) is 7.05 Å². The molecule has 0 fully saturated rings. The second-order valence-electron chi connectivity index (χ2n) is 5.41. The van der Waals surface area contributed by atoms with Gasteiger partial charge in [-0.15, -0.1) is 15.3 Å². The summed E-state index contributed by atoms with van der Waals surface area (Å²) >= 11 is 0. The highest BCUT2D eigenvalue weighted by atomic mass is 19.1. The van der Waals surface area contributed by atoms with Crippen molar-refractivity contribution in [1.82, 2.24) is 35.1 Å². The molecule has 0 bridgehead atoms. The van der Waals surface area contributed by atoms with Crippen molar-refractivity contribution in [3.05, 3.63) is 53.6 Å². The quantitative estimate of drug-likeness (QED) is 0.775. The Hall–Kier alpha value is -2.61. The van der Waals surface area contributed by atoms with E-state index in [-0.39, 0.29) is 11.9 Å². The molecule has 0 amide bonds. The third-order valence-electron chi connectivity index (χ3n) is 3.78. The molecule has 1 aromatic carbocycles. The van der Waals surface area contributed by atoms with Gasteiger partial charge in [0.15, 0.2) is 0 Å². The molecule has 8 heteroatoms. The Morgan fingerprint density at radius 3 is 2.61 bits per heavy atom. The molecule has 1 N–H and O–H groups in total. The highest BCUT2D eigenvalue weighted by Crippen LogP contribution is 2.18. The fourth-order valence-corrected chi connectivity index (χ4v) is 2.38. The van der Waals surface area contributed by atoms with E-state index in [2.05, 4.69) is 25.8 Å². The van der Waals surface area contributed by atoms with Crippen LogP contribution in [0.1, 0.15) is 30.2 Å². The van der Waals surface area contributed by atoms with E-state index in [1.165, 1.54) is 12.1 Å². The van der Waals surface area contributed by atoms with Crippen molar-refractivity contribution in [3.63, 3.8) is 0 Å². The predicted molar refractivity (Wildman–Crippen MR) is 82.3 cm³/mol. The van der Waals surface area contributed by atoms with Crippen LogP contribution < -0.4 is 5.32 Å². The molecule has 0 aliphatic rings. The number of aryl methyl sites for hydroxylation is 1. The summed E-state index contributed by atoms with van der Waals surface area (Å²) < 4.78 is 16.6. The first kappa shape index (κ1) is 15.3. The molecule has 0 aliphatic heterocycles. The number of hydrogen-bond acceptors (Lipinski definition) is 5. The molecule has 0 radical (unpaired) electrons. The maximum absolute atomic E-state index is 13.0. The van der Waals surface area contributed by atoms with Crippen LogP contribution in [0.3, 0.4) is 0 Å². The fraction of sp³-hybridized carbons (Fsp3) is 0.333. The highest BCUT2D eigenvalue weighted by molar-refractivity contribution is 5.33. The zero-order valence-electron chi connectivity index (χ0n) is 13.2. The zero-order chi connectivity index (χ0) is 16.4. The summed E-state index contributed by atoms with van der Waals surface area (Å²) in [5.41, 5.74) is 2.54. The average Bonchev–Trinajstić information content (AvgIpc) is 3.12. The second-order valence-corrected chi connectivity index (χ2v) is 5.41. The normalized spacial score (nSPS) is 12.5. The molecule has 0 spiro atoms. The summed E-state index contributed by atoms with van der Waals surface area (Å²) in [6.07, 6.45) is 1.66. The van der Waals surface area contributed by atoms with Gasteiger partial charge in [0, 0.05) is 7.05 Å². The Kier molecular flexibility index (Phi) is 4.16. The zero-order valence-corrected chi connectivity index (χ0v) is 13.2. The third-order valence-corrected chi connectivity index (χ3v) is 3.78. The number of nitrogens with one attached hydrogen (secondary N) is 1. The molecule has 1 atom stereocenters. The summed E-state index contributed by atoms with van der Waals surface area (Å²) in [7, 11) is 1.90. The minimum atomic E-state index is -0.273. The lowest BCUT2D eigenvalue weighted by Gasteiger charge is -2.12. The fourth-order valence-electron chi connectivity index (χ4n) is 2.38. The number of hydrogen-bond donors (Lipinski definition) is 1. The summed E-state index contributed by atoms with van der Waals surface area (Å²) in [5, 5.41) is 19.7. The van der Waals surface area contributed by atoms with Gasteiger partial charge in [-0.1, -0.05) is 5.21 Å². The standard InChI is InChI=1S/C15H18FN7/c1-10(17-8-14-19-18-9-22(14)3)15-11(2)23(21-20-15)13-6-4-12(16)5-7-13/h4-7,9-10,17H,8H2,1-3H3. The highest BCUT2D eigenvalue weighted by Gasteiger charge is 2.16. The number of aromatic nitrogens is 6. The van der Waals surface area contributed by atoms with E-state index in [4.69, 9.17) is 0 Å². The molecule has 7 nitrogen and oxygen atoms in total. The topological polar surface area (TPSA) is 73.5 Å². The summed E-state index contributed by atoms with van der Waals surface area (Å²) in [6.45, 7) is 4.54. The molecule has 1 unspecified atom stereocenters. The van der Waals surface area contributed by atoms with Gasteiger partial charge in [-0.25, -0.2) is 9.07 Å². The molecular formula is C15H18FN7. The van der Waals surface area contributed by atoms with E-state index >= 15 is 0 Å². The van der Waals surface area contributed by atoms with Crippen LogP contribution in [-0.2, 0) is 13.6 Å². The van der Waals surface area contributed by atoms with Gasteiger partial charge in [0.05, 0.1) is 24.0 Å². The number of benzene rings is 1. The van der Waals surface area contributed by atoms with Crippen LogP contribution in [0.15, 0.2) is 30.6 Å². The van der Waals surface area contributed by atoms with Crippen LogP contribution in [0.5, 0.6) is 0 Å². The molecule has 0 aliphatic carbocycles. The molecule has 0 saturated heterocycles. The Bertz CT molecular complexity index is 791. The van der Waals surface area contributed by atoms with E-state index < -0.39 is 0 Å². The van der Waals surface area contributed by atoms with E-state index in [9.17, 15) is 4.39 Å². The largest absolute Gasteiger partial charge is 0.320 e. The van der Waals surface area contributed by atoms with Crippen molar-refractivity contribution < 1.29 is 4.39 Å². The van der Waals surface area contributed by atoms with Crippen LogP contribution in [-0.4, -0.2) is 29.8 Å². The number of halogens is 1. The van der Waals surface area contributed by atoms with Gasteiger partial charge >= 0.3 is 0 Å². The first-order valence-corrected chi connectivity index (χ1v) is 7.30. The van der Waals surface area contributed by atoms with Crippen molar-refractivity contribution in [2.75, 3.05) is 0 Å². The first-order valence-electron chi connectivity index (χ1n) is 7.30. The van der Waals surface area contributed by atoms with E-state index in [1.54, 1.807) is 23.1 Å². The van der Waals surface area contributed by atoms with Crippen LogP contribution in [0, 0.1) is 12.7 Å². The second kappa shape index (κ2) is 6.25. The molecule has 120 valence electrons. The van der Waals surface area contributed by atoms with Crippen molar-refractivity contribution in [3.8, 4) is 5.69 Å². The Labute approximate surface area is 133 Å². The molecule has 3 aromatic rings. The van der Waals surface area contributed by atoms with Crippen molar-refractivity contribution in [2.45, 2.75) is 26.4 Å². The summed E-state index contributed by atoms with van der Waals surface area (Å²) in [4.78, 5) is 0. The van der Waals surface area contributed by atoms with Gasteiger partial charge in [-0.05, 0) is 38.1 Å². The number of nitrogens with zero attached hydrogens (tertiary/aromatic N) is 6. The monoisotopic (exact) mass is 315 g/mol. The SMILES string of the molecule is Cc1c(C(C)NCc2nncn2C)nnn1-c1ccc(F)cc1. The Morgan fingerprint density at radius 1 is 1.22 bits per heavy atom. The third kappa shape index (κ3) is 3.11. The lowest BCUT2D eigenvalue weighted by Crippen LogP contribution is -2.21. The van der Waals surface area contributed by atoms with E-state index in [1.807, 2.05) is 25.5 Å². The van der Waals surface area contributed by atoms with Gasteiger partial charge in [-0.3, -0.25) is 0 Å². The van der Waals surface area contributed by atoms with Crippen LogP contribution in [0.2, 0.25) is 0 Å². The van der Waals surface area contributed by atoms with Crippen LogP contribution in [0.25, 0.3) is 5.69 Å². The van der Waals surface area contributed by atoms with Gasteiger partial charge in [0.2, 0.25) is 0 Å². The minimum absolute atomic E-state index is 0.000832. The summed E-state index contributed by atoms with van der Waals surface area (Å²) in [6, 6.07) is 6.18. The predicted octanol–water partition coefficient (Wildman–Crippen LogP) is 1.69. The molecule has 2 aromatic heterocycles. The Balaban J connectivity index is 1.75. The molecule has 2 heterocycles. The van der Waals surface area contributed by atoms with E-state index in [0.717, 1.165) is 22.9 Å². The lowest BCUT2D eigenvalue weighted by molar-refractivity contribution is 0.535. The van der Waals surface area contributed by atoms with Gasteiger partial charge < -0.3 is 9.88 Å². The maximum Gasteiger partial charge on any atom is 0.146 e. The van der Waals surface area contributed by atoms with Crippen molar-refractivity contribution in [1.29, 1.82) is 0 Å². The van der Waals surface area contributed by atoms with Gasteiger partial charge in [-0.2, -0.15) is 0 Å². The van der Waals surface area contributed by atoms with E-state index in [0.29, 0.717) is 6.54 Å². The van der Waals surface area contributed by atoms with Crippen molar-refractivity contribution >= 4 is 0 Å². The van der Waals surface area contributed by atoms with Crippen LogP contribution >= 0.6 is 0 Å². The maximum atomic E-state index is 13.0. The number of rotatable bonds is 5. The Morgan fingerprint density at radius 2 is 1.96 bits per heavy atom.